The lowest BCUT2D eigenvalue weighted by Gasteiger charge is -2.50. The first-order valence-corrected chi connectivity index (χ1v) is 9.53. The second-order valence-electron chi connectivity index (χ2n) is 7.34. The molecule has 2 aromatic rings. The molecule has 6 nitrogen and oxygen atoms in total. The summed E-state index contributed by atoms with van der Waals surface area (Å²) in [7, 11) is 1.63. The van der Waals surface area contributed by atoms with E-state index in [1.807, 2.05) is 54.6 Å². The summed E-state index contributed by atoms with van der Waals surface area (Å²) in [5.74, 6) is 0.802. The Kier molecular flexibility index (Phi) is 4.94. The zero-order chi connectivity index (χ0) is 19.6. The average Bonchev–Trinajstić information content (AvgIpc) is 3.19. The van der Waals surface area contributed by atoms with Crippen LogP contribution in [0, 0.1) is 0 Å². The van der Waals surface area contributed by atoms with Crippen molar-refractivity contribution in [3.63, 3.8) is 0 Å². The Labute approximate surface area is 164 Å². The molecule has 0 bridgehead atoms. The molecule has 2 fully saturated rings. The van der Waals surface area contributed by atoms with Gasteiger partial charge in [-0.15, -0.1) is 0 Å². The largest absolute Gasteiger partial charge is 0.497 e. The molecule has 146 valence electrons. The number of rotatable bonds is 5. The van der Waals surface area contributed by atoms with Crippen molar-refractivity contribution in [1.82, 2.24) is 9.80 Å². The lowest BCUT2D eigenvalue weighted by Crippen LogP contribution is -2.72. The van der Waals surface area contributed by atoms with Crippen LogP contribution in [0.3, 0.4) is 0 Å². The first-order chi connectivity index (χ1) is 13.6. The summed E-state index contributed by atoms with van der Waals surface area (Å²) in [6, 6.07) is 17.3. The molecule has 4 rings (SSSR count). The summed E-state index contributed by atoms with van der Waals surface area (Å²) in [6.07, 6.45) is 1.12. The molecule has 1 atom stereocenters. The normalized spacial score (nSPS) is 21.0. The summed E-state index contributed by atoms with van der Waals surface area (Å²) in [4.78, 5) is 29.0. The van der Waals surface area contributed by atoms with E-state index in [9.17, 15) is 9.59 Å². The van der Waals surface area contributed by atoms with E-state index in [4.69, 9.17) is 9.47 Å². The van der Waals surface area contributed by atoms with Crippen LogP contribution in [0.1, 0.15) is 24.0 Å². The molecule has 1 unspecified atom stereocenters. The van der Waals surface area contributed by atoms with Gasteiger partial charge in [-0.05, 0) is 36.1 Å². The zero-order valence-electron chi connectivity index (χ0n) is 16.0. The Hall–Kier alpha value is -3.02. The highest BCUT2D eigenvalue weighted by Crippen LogP contribution is 2.40. The maximum absolute atomic E-state index is 13.0. The van der Waals surface area contributed by atoms with Crippen molar-refractivity contribution < 1.29 is 19.1 Å². The summed E-state index contributed by atoms with van der Waals surface area (Å²) in [5, 5.41) is 0. The van der Waals surface area contributed by atoms with Crippen LogP contribution in [-0.4, -0.2) is 47.5 Å². The van der Waals surface area contributed by atoms with Crippen molar-refractivity contribution in [3.05, 3.63) is 65.7 Å². The second kappa shape index (κ2) is 7.54. The van der Waals surface area contributed by atoms with Crippen molar-refractivity contribution in [2.24, 2.45) is 0 Å². The Balaban J connectivity index is 1.37. The maximum Gasteiger partial charge on any atom is 0.411 e. The standard InChI is InChI=1S/C22H24N2O4/c1-27-19-10-8-17(9-11-19)14-23-16-22(20(23)25)12-5-13-24(22)21(26)28-15-18-6-3-2-4-7-18/h2-4,6-11H,5,12-16H2,1H3. The zero-order valence-corrected chi connectivity index (χ0v) is 16.0. The molecule has 2 aliphatic heterocycles. The van der Waals surface area contributed by atoms with Crippen molar-refractivity contribution in [2.45, 2.75) is 31.5 Å². The molecule has 2 aliphatic rings. The fourth-order valence-electron chi connectivity index (χ4n) is 4.07. The van der Waals surface area contributed by atoms with Crippen LogP contribution in [0.15, 0.2) is 54.6 Å². The number of nitrogens with zero attached hydrogens (tertiary/aromatic N) is 2. The SMILES string of the molecule is COc1ccc(CN2CC3(CCCN3C(=O)OCc3ccccc3)C2=O)cc1. The van der Waals surface area contributed by atoms with E-state index in [1.54, 1.807) is 16.9 Å². The van der Waals surface area contributed by atoms with Gasteiger partial charge in [-0.3, -0.25) is 9.69 Å². The molecule has 1 spiro atoms. The fraction of sp³-hybridized carbons (Fsp3) is 0.364. The summed E-state index contributed by atoms with van der Waals surface area (Å²) < 4.78 is 10.6. The molecular weight excluding hydrogens is 356 g/mol. The number of likely N-dealkylation sites (tertiary alicyclic amines) is 2. The van der Waals surface area contributed by atoms with Crippen molar-refractivity contribution >= 4 is 12.0 Å². The summed E-state index contributed by atoms with van der Waals surface area (Å²) >= 11 is 0. The minimum Gasteiger partial charge on any atom is -0.497 e. The number of ether oxygens (including phenoxy) is 2. The third kappa shape index (κ3) is 3.30. The van der Waals surface area contributed by atoms with E-state index in [0.717, 1.165) is 23.3 Å². The van der Waals surface area contributed by atoms with Gasteiger partial charge in [-0.25, -0.2) is 4.79 Å². The number of hydrogen-bond donors (Lipinski definition) is 0. The van der Waals surface area contributed by atoms with Crippen LogP contribution in [0.25, 0.3) is 0 Å². The maximum atomic E-state index is 13.0. The average molecular weight is 380 g/mol. The van der Waals surface area contributed by atoms with E-state index >= 15 is 0 Å². The second-order valence-corrected chi connectivity index (χ2v) is 7.34. The monoisotopic (exact) mass is 380 g/mol. The molecule has 2 amide bonds. The van der Waals surface area contributed by atoms with E-state index < -0.39 is 11.6 Å². The number of β-lactam (4-membered cyclic amide) rings is 1. The number of hydrogen-bond acceptors (Lipinski definition) is 4. The lowest BCUT2D eigenvalue weighted by molar-refractivity contribution is -0.160. The molecule has 6 heteroatoms. The first-order valence-electron chi connectivity index (χ1n) is 9.53. The van der Waals surface area contributed by atoms with Gasteiger partial charge >= 0.3 is 6.09 Å². The molecular formula is C22H24N2O4. The minimum atomic E-state index is -0.722. The van der Waals surface area contributed by atoms with Gasteiger partial charge < -0.3 is 14.4 Å². The van der Waals surface area contributed by atoms with Crippen LogP contribution < -0.4 is 4.74 Å². The van der Waals surface area contributed by atoms with Crippen molar-refractivity contribution in [2.75, 3.05) is 20.2 Å². The first kappa shape index (κ1) is 18.3. The number of methoxy groups -OCH3 is 1. The Morgan fingerprint density at radius 3 is 2.50 bits per heavy atom. The van der Waals surface area contributed by atoms with Crippen LogP contribution >= 0.6 is 0 Å². The number of benzene rings is 2. The molecule has 0 aliphatic carbocycles. The van der Waals surface area contributed by atoms with Gasteiger partial charge in [-0.1, -0.05) is 42.5 Å². The van der Waals surface area contributed by atoms with Crippen LogP contribution in [0.4, 0.5) is 4.79 Å². The summed E-state index contributed by atoms with van der Waals surface area (Å²) in [6.45, 7) is 1.88. The third-order valence-corrected chi connectivity index (χ3v) is 5.58. The van der Waals surface area contributed by atoms with Gasteiger partial charge in [0, 0.05) is 13.1 Å². The van der Waals surface area contributed by atoms with Crippen LogP contribution in [0.2, 0.25) is 0 Å². The minimum absolute atomic E-state index is 0.0116. The molecule has 0 radical (unpaired) electrons. The topological polar surface area (TPSA) is 59.1 Å². The third-order valence-electron chi connectivity index (χ3n) is 5.58. The van der Waals surface area contributed by atoms with Gasteiger partial charge in [0.05, 0.1) is 13.7 Å². The van der Waals surface area contributed by atoms with E-state index in [0.29, 0.717) is 26.1 Å². The molecule has 2 heterocycles. The van der Waals surface area contributed by atoms with E-state index in [-0.39, 0.29) is 12.5 Å². The van der Waals surface area contributed by atoms with Gasteiger partial charge in [0.25, 0.3) is 5.91 Å². The predicted octanol–water partition coefficient (Wildman–Crippen LogP) is 3.21. The van der Waals surface area contributed by atoms with Gasteiger partial charge in [0.15, 0.2) is 0 Å². The molecule has 28 heavy (non-hydrogen) atoms. The molecule has 0 saturated carbocycles. The highest BCUT2D eigenvalue weighted by Gasteiger charge is 2.59. The van der Waals surface area contributed by atoms with Gasteiger partial charge in [0.1, 0.15) is 17.9 Å². The molecule has 0 aromatic heterocycles. The predicted molar refractivity (Wildman–Crippen MR) is 104 cm³/mol. The Morgan fingerprint density at radius 2 is 1.82 bits per heavy atom. The van der Waals surface area contributed by atoms with E-state index in [1.165, 1.54) is 0 Å². The Morgan fingerprint density at radius 1 is 1.07 bits per heavy atom. The van der Waals surface area contributed by atoms with E-state index in [2.05, 4.69) is 0 Å². The van der Waals surface area contributed by atoms with Gasteiger partial charge in [-0.2, -0.15) is 0 Å². The smallest absolute Gasteiger partial charge is 0.411 e. The Bertz CT molecular complexity index is 853. The fourth-order valence-corrected chi connectivity index (χ4v) is 4.07. The number of amides is 2. The van der Waals surface area contributed by atoms with Crippen LogP contribution in [0.5, 0.6) is 5.75 Å². The van der Waals surface area contributed by atoms with Crippen molar-refractivity contribution in [3.8, 4) is 5.75 Å². The quantitative estimate of drug-likeness (QED) is 0.748. The number of carbonyl (C=O) groups excluding carboxylic acids is 2. The van der Waals surface area contributed by atoms with Crippen LogP contribution in [-0.2, 0) is 22.7 Å². The molecule has 0 N–H and O–H groups in total. The summed E-state index contributed by atoms with van der Waals surface area (Å²) in [5.41, 5.74) is 1.26. The van der Waals surface area contributed by atoms with Crippen molar-refractivity contribution in [1.29, 1.82) is 0 Å². The molecule has 2 aromatic carbocycles. The molecule has 2 saturated heterocycles. The lowest BCUT2D eigenvalue weighted by atomic mass is 9.85. The van der Waals surface area contributed by atoms with Gasteiger partial charge in [0.2, 0.25) is 0 Å². The number of carbonyl (C=O) groups is 2. The highest BCUT2D eigenvalue weighted by atomic mass is 16.6. The highest BCUT2D eigenvalue weighted by molar-refractivity contribution is 5.96.